The lowest BCUT2D eigenvalue weighted by Crippen LogP contribution is -2.48. The van der Waals surface area contributed by atoms with Crippen LogP contribution in [0.1, 0.15) is 55.1 Å². The van der Waals surface area contributed by atoms with E-state index in [9.17, 15) is 9.59 Å². The van der Waals surface area contributed by atoms with Crippen molar-refractivity contribution in [2.24, 2.45) is 5.92 Å². The van der Waals surface area contributed by atoms with E-state index in [1.165, 1.54) is 0 Å². The van der Waals surface area contributed by atoms with E-state index in [1.807, 2.05) is 58.9 Å². The number of amides is 3. The monoisotopic (exact) mass is 535 g/mol. The third-order valence-corrected chi connectivity index (χ3v) is 7.47. The zero-order valence-electron chi connectivity index (χ0n) is 23.9. The number of urea groups is 1. The first-order valence-corrected chi connectivity index (χ1v) is 13.9. The summed E-state index contributed by atoms with van der Waals surface area (Å²) in [6.07, 6.45) is 4.50. The van der Waals surface area contributed by atoms with Gasteiger partial charge < -0.3 is 24.0 Å². The highest BCUT2D eigenvalue weighted by Gasteiger charge is 2.30. The molecule has 2 aliphatic rings. The second-order valence-corrected chi connectivity index (χ2v) is 10.1. The summed E-state index contributed by atoms with van der Waals surface area (Å²) in [5.41, 5.74) is 3.76. The van der Waals surface area contributed by atoms with Gasteiger partial charge in [0.15, 0.2) is 0 Å². The van der Waals surface area contributed by atoms with Gasteiger partial charge in [0.25, 0.3) is 5.91 Å². The number of benzene rings is 2. The van der Waals surface area contributed by atoms with Gasteiger partial charge in [-0.05, 0) is 74.4 Å². The molecule has 210 valence electrons. The van der Waals surface area contributed by atoms with Crippen molar-refractivity contribution in [1.82, 2.24) is 14.7 Å². The molecule has 1 fully saturated rings. The summed E-state index contributed by atoms with van der Waals surface area (Å²) in [5.74, 6) is 2.36. The smallest absolute Gasteiger partial charge is 0.324 e. The maximum absolute atomic E-state index is 14.0. The first kappa shape index (κ1) is 28.3. The Labute approximate surface area is 232 Å². The minimum atomic E-state index is -0.0433. The molecule has 2 aromatic rings. The molecule has 4 rings (SSSR count). The van der Waals surface area contributed by atoms with Gasteiger partial charge >= 0.3 is 6.03 Å². The van der Waals surface area contributed by atoms with Crippen molar-refractivity contribution in [2.75, 3.05) is 47.0 Å². The van der Waals surface area contributed by atoms with Crippen molar-refractivity contribution in [1.29, 1.82) is 0 Å². The third kappa shape index (κ3) is 6.49. The van der Waals surface area contributed by atoms with Crippen molar-refractivity contribution in [3.63, 3.8) is 0 Å². The average Bonchev–Trinajstić information content (AvgIpc) is 2.93. The van der Waals surface area contributed by atoms with E-state index >= 15 is 0 Å². The highest BCUT2D eigenvalue weighted by atomic mass is 16.5. The lowest BCUT2D eigenvalue weighted by Gasteiger charge is -2.37. The van der Waals surface area contributed by atoms with Gasteiger partial charge in [-0.1, -0.05) is 19.1 Å². The number of hydrogen-bond acceptors (Lipinski definition) is 5. The van der Waals surface area contributed by atoms with Gasteiger partial charge in [-0.15, -0.1) is 0 Å². The molecular weight excluding hydrogens is 494 g/mol. The highest BCUT2D eigenvalue weighted by Crippen LogP contribution is 2.35. The first-order chi connectivity index (χ1) is 18.9. The average molecular weight is 536 g/mol. The summed E-state index contributed by atoms with van der Waals surface area (Å²) in [6.45, 7) is 9.17. The van der Waals surface area contributed by atoms with Crippen LogP contribution in [0.5, 0.6) is 17.2 Å². The van der Waals surface area contributed by atoms with E-state index in [4.69, 9.17) is 14.2 Å². The number of ether oxygens (including phenoxy) is 3. The highest BCUT2D eigenvalue weighted by molar-refractivity contribution is 5.94. The summed E-state index contributed by atoms with van der Waals surface area (Å²) in [6, 6.07) is 11.2. The number of carbonyl (C=O) groups is 2. The SMILES string of the molecule is CCOc1cccc(C(=O)N2CCC/C3=C/[C@H](C)Cc4c(cc(OC)cc4OC)CN3C(=O)N(CC)CC2)c1. The Kier molecular flexibility index (Phi) is 9.38. The van der Waals surface area contributed by atoms with Crippen LogP contribution in [0.15, 0.2) is 48.2 Å². The van der Waals surface area contributed by atoms with Crippen molar-refractivity contribution >= 4 is 11.9 Å². The normalized spacial score (nSPS) is 19.6. The van der Waals surface area contributed by atoms with Crippen LogP contribution in [0.2, 0.25) is 0 Å². The Morgan fingerprint density at radius 3 is 2.56 bits per heavy atom. The van der Waals surface area contributed by atoms with Crippen LogP contribution in [0.25, 0.3) is 0 Å². The molecule has 0 aromatic heterocycles. The molecule has 0 aliphatic carbocycles. The Morgan fingerprint density at radius 2 is 1.85 bits per heavy atom. The van der Waals surface area contributed by atoms with Crippen molar-refractivity contribution in [2.45, 2.75) is 46.6 Å². The van der Waals surface area contributed by atoms with E-state index in [-0.39, 0.29) is 17.9 Å². The lowest BCUT2D eigenvalue weighted by molar-refractivity contribution is 0.0725. The molecule has 1 atom stereocenters. The quantitative estimate of drug-likeness (QED) is 0.498. The minimum absolute atomic E-state index is 0.0365. The van der Waals surface area contributed by atoms with Crippen LogP contribution >= 0.6 is 0 Å². The Hall–Kier alpha value is -3.68. The summed E-state index contributed by atoms with van der Waals surface area (Å²) < 4.78 is 16.9. The molecule has 2 aliphatic heterocycles. The zero-order chi connectivity index (χ0) is 27.9. The zero-order valence-corrected chi connectivity index (χ0v) is 23.9. The summed E-state index contributed by atoms with van der Waals surface area (Å²) in [7, 11) is 3.32. The molecule has 39 heavy (non-hydrogen) atoms. The molecule has 3 amide bonds. The lowest BCUT2D eigenvalue weighted by atomic mass is 9.91. The molecular formula is C31H41N3O5. The molecule has 0 N–H and O–H groups in total. The predicted octanol–water partition coefficient (Wildman–Crippen LogP) is 5.36. The molecule has 0 spiro atoms. The fourth-order valence-corrected chi connectivity index (χ4v) is 5.46. The molecule has 0 bridgehead atoms. The van der Waals surface area contributed by atoms with Crippen LogP contribution in [-0.4, -0.2) is 73.6 Å². The van der Waals surface area contributed by atoms with Crippen LogP contribution in [0.3, 0.4) is 0 Å². The van der Waals surface area contributed by atoms with Crippen molar-refractivity contribution in [3.05, 3.63) is 64.9 Å². The fraction of sp³-hybridized carbons (Fsp3) is 0.484. The number of allylic oxidation sites excluding steroid dienone is 2. The second kappa shape index (κ2) is 12.9. The van der Waals surface area contributed by atoms with Crippen LogP contribution in [0, 0.1) is 5.92 Å². The topological polar surface area (TPSA) is 71.5 Å². The van der Waals surface area contributed by atoms with E-state index < -0.39 is 0 Å². The van der Waals surface area contributed by atoms with Crippen molar-refractivity contribution in [3.8, 4) is 17.2 Å². The van der Waals surface area contributed by atoms with Gasteiger partial charge in [0.1, 0.15) is 17.2 Å². The fourth-order valence-electron chi connectivity index (χ4n) is 5.46. The largest absolute Gasteiger partial charge is 0.497 e. The molecule has 0 unspecified atom stereocenters. The Morgan fingerprint density at radius 1 is 1.03 bits per heavy atom. The Bertz CT molecular complexity index is 1210. The number of nitrogens with zero attached hydrogens (tertiary/aromatic N) is 3. The van der Waals surface area contributed by atoms with Crippen LogP contribution < -0.4 is 14.2 Å². The molecule has 0 saturated carbocycles. The van der Waals surface area contributed by atoms with Crippen LogP contribution in [0.4, 0.5) is 4.79 Å². The van der Waals surface area contributed by atoms with E-state index in [2.05, 4.69) is 13.0 Å². The molecule has 8 nitrogen and oxygen atoms in total. The number of hydrogen-bond donors (Lipinski definition) is 0. The van der Waals surface area contributed by atoms with Gasteiger partial charge in [0.05, 0.1) is 27.4 Å². The van der Waals surface area contributed by atoms with E-state index in [1.54, 1.807) is 20.3 Å². The van der Waals surface area contributed by atoms with Gasteiger partial charge in [-0.2, -0.15) is 0 Å². The summed E-state index contributed by atoms with van der Waals surface area (Å²) in [5, 5.41) is 0. The number of fused-ring (bicyclic) bond motifs is 2. The molecule has 0 radical (unpaired) electrons. The number of methoxy groups -OCH3 is 2. The number of likely N-dealkylation sites (N-methyl/N-ethyl adjacent to an activating group) is 1. The van der Waals surface area contributed by atoms with E-state index in [0.29, 0.717) is 62.8 Å². The van der Waals surface area contributed by atoms with Gasteiger partial charge in [0, 0.05) is 43.5 Å². The van der Waals surface area contributed by atoms with E-state index in [0.717, 1.165) is 35.4 Å². The van der Waals surface area contributed by atoms with Gasteiger partial charge in [-0.3, -0.25) is 9.69 Å². The number of rotatable bonds is 6. The number of carbonyl (C=O) groups excluding carboxylic acids is 2. The molecule has 8 heteroatoms. The third-order valence-electron chi connectivity index (χ3n) is 7.47. The first-order valence-electron chi connectivity index (χ1n) is 13.9. The van der Waals surface area contributed by atoms with Gasteiger partial charge in [0.2, 0.25) is 0 Å². The maximum atomic E-state index is 14.0. The molecule has 1 saturated heterocycles. The molecule has 2 heterocycles. The Balaban J connectivity index is 1.63. The standard InChI is InChI=1S/C31H41N3O5/c1-6-32-14-15-33(30(35)23-10-8-12-26(18-23)39-7-2)13-9-11-25-16-22(3)17-28-24(21-34(25)31(32)36)19-27(37-4)20-29(28)38-5/h8,10,12,16,18-20,22H,6-7,9,11,13-15,17,21H2,1-5H3/b25-16-/t22-/m0/s1. The van der Waals surface area contributed by atoms with Crippen molar-refractivity contribution < 1.29 is 23.8 Å². The predicted molar refractivity (Wildman–Crippen MR) is 151 cm³/mol. The maximum Gasteiger partial charge on any atom is 0.324 e. The minimum Gasteiger partial charge on any atom is -0.497 e. The second-order valence-electron chi connectivity index (χ2n) is 10.1. The van der Waals surface area contributed by atoms with Gasteiger partial charge in [-0.25, -0.2) is 4.79 Å². The summed E-state index contributed by atoms with van der Waals surface area (Å²) in [4.78, 5) is 33.1. The van der Waals surface area contributed by atoms with Crippen LogP contribution in [-0.2, 0) is 13.0 Å². The molecule has 2 aromatic carbocycles. The summed E-state index contributed by atoms with van der Waals surface area (Å²) >= 11 is 0.